The van der Waals surface area contributed by atoms with Gasteiger partial charge in [0.15, 0.2) is 0 Å². The smallest absolute Gasteiger partial charge is 0.264 e. The predicted molar refractivity (Wildman–Crippen MR) is 152 cm³/mol. The van der Waals surface area contributed by atoms with E-state index in [0.717, 1.165) is 22.3 Å². The van der Waals surface area contributed by atoms with Gasteiger partial charge in [-0.2, -0.15) is 5.26 Å². The molecule has 0 fully saturated rings. The molecule has 0 atom stereocenters. The van der Waals surface area contributed by atoms with Crippen molar-refractivity contribution in [3.63, 3.8) is 0 Å². The number of benzene rings is 4. The Bertz CT molecular complexity index is 1570. The summed E-state index contributed by atoms with van der Waals surface area (Å²) in [6, 6.07) is 31.9. The van der Waals surface area contributed by atoms with E-state index < -0.39 is 10.0 Å². The molecule has 0 aliphatic heterocycles. The second kappa shape index (κ2) is 11.1. The van der Waals surface area contributed by atoms with Gasteiger partial charge in [0.05, 0.1) is 16.1 Å². The quantitative estimate of drug-likeness (QED) is 0.224. The Hall–Kier alpha value is -4.40. The van der Waals surface area contributed by atoms with Crippen molar-refractivity contribution in [2.24, 2.45) is 0 Å². The van der Waals surface area contributed by atoms with Crippen LogP contribution in [-0.4, -0.2) is 15.0 Å². The molecule has 0 saturated heterocycles. The van der Waals surface area contributed by atoms with E-state index in [0.29, 0.717) is 28.8 Å². The van der Waals surface area contributed by atoms with Crippen LogP contribution in [0.15, 0.2) is 121 Å². The average Bonchev–Trinajstić information content (AvgIpc) is 2.93. The van der Waals surface area contributed by atoms with Crippen molar-refractivity contribution in [1.29, 1.82) is 5.26 Å². The summed E-state index contributed by atoms with van der Waals surface area (Å²) in [5.74, 6) is 0. The van der Waals surface area contributed by atoms with Gasteiger partial charge in [-0.05, 0) is 48.2 Å². The van der Waals surface area contributed by atoms with Crippen molar-refractivity contribution in [1.82, 2.24) is 0 Å². The second-order valence-electron chi connectivity index (χ2n) is 8.67. The lowest BCUT2D eigenvalue weighted by molar-refractivity contribution is 0.591. The first kappa shape index (κ1) is 25.7. The van der Waals surface area contributed by atoms with Gasteiger partial charge in [0.1, 0.15) is 6.07 Å². The monoisotopic (exact) mass is 504 g/mol. The van der Waals surface area contributed by atoms with E-state index in [-0.39, 0.29) is 11.4 Å². The molecule has 4 nitrogen and oxygen atoms in total. The van der Waals surface area contributed by atoms with Gasteiger partial charge in [-0.25, -0.2) is 8.42 Å². The van der Waals surface area contributed by atoms with Gasteiger partial charge >= 0.3 is 0 Å². The summed E-state index contributed by atoms with van der Waals surface area (Å²) in [6.45, 7) is 10.2. The molecule has 0 spiro atoms. The lowest BCUT2D eigenvalue weighted by Crippen LogP contribution is -2.33. The second-order valence-corrected chi connectivity index (χ2v) is 10.5. The molecule has 5 heteroatoms. The summed E-state index contributed by atoms with van der Waals surface area (Å²) < 4.78 is 29.4. The summed E-state index contributed by atoms with van der Waals surface area (Å²) in [5.41, 5.74) is 5.22. The van der Waals surface area contributed by atoms with Crippen molar-refractivity contribution in [2.75, 3.05) is 10.8 Å². The van der Waals surface area contributed by atoms with Crippen LogP contribution in [0.25, 0.3) is 16.7 Å². The number of nitriles is 1. The van der Waals surface area contributed by atoms with Crippen LogP contribution in [0.2, 0.25) is 0 Å². The maximum absolute atomic E-state index is 14.0. The number of sulfonamides is 1. The number of nitrogens with zero attached hydrogens (tertiary/aromatic N) is 2. The molecule has 0 bridgehead atoms. The normalized spacial score (nSPS) is 10.9. The van der Waals surface area contributed by atoms with Crippen LogP contribution in [0.5, 0.6) is 0 Å². The predicted octanol–water partition coefficient (Wildman–Crippen LogP) is 7.37. The zero-order chi connectivity index (χ0) is 26.4. The number of aryl methyl sites for hydroxylation is 1. The topological polar surface area (TPSA) is 61.2 Å². The van der Waals surface area contributed by atoms with Crippen LogP contribution >= 0.6 is 0 Å². The summed E-state index contributed by atoms with van der Waals surface area (Å²) in [7, 11) is -3.95. The number of hydrogen-bond donors (Lipinski definition) is 0. The summed E-state index contributed by atoms with van der Waals surface area (Å²) >= 11 is 0. The molecule has 4 aromatic rings. The fourth-order valence-corrected chi connectivity index (χ4v) is 5.77. The van der Waals surface area contributed by atoms with Gasteiger partial charge in [-0.3, -0.25) is 4.31 Å². The zero-order valence-electron chi connectivity index (χ0n) is 20.8. The standard InChI is InChI=1S/C32H28N2O2S/c1-4-5-22-34(37(35,36)28-18-16-24(2)17-19-28)31-21-20-29(27-14-10-7-11-15-27)30(23-33)32(31)25(3)26-12-8-6-9-13-26/h4,6-21H,1,3,5,22H2,2H3. The van der Waals surface area contributed by atoms with E-state index in [1.807, 2.05) is 73.7 Å². The van der Waals surface area contributed by atoms with Crippen LogP contribution in [0.4, 0.5) is 5.69 Å². The molecule has 0 aliphatic rings. The molecule has 184 valence electrons. The van der Waals surface area contributed by atoms with Gasteiger partial charge < -0.3 is 0 Å². The maximum Gasteiger partial charge on any atom is 0.264 e. The highest BCUT2D eigenvalue weighted by atomic mass is 32.2. The van der Waals surface area contributed by atoms with Crippen molar-refractivity contribution in [2.45, 2.75) is 18.2 Å². The van der Waals surface area contributed by atoms with Gasteiger partial charge in [0.2, 0.25) is 0 Å². The van der Waals surface area contributed by atoms with Crippen LogP contribution in [0, 0.1) is 18.3 Å². The van der Waals surface area contributed by atoms with E-state index in [2.05, 4.69) is 19.2 Å². The molecule has 4 aromatic carbocycles. The van der Waals surface area contributed by atoms with Crippen molar-refractivity contribution in [3.05, 3.63) is 139 Å². The molecule has 0 N–H and O–H groups in total. The van der Waals surface area contributed by atoms with Crippen LogP contribution < -0.4 is 4.31 Å². The van der Waals surface area contributed by atoms with E-state index >= 15 is 0 Å². The largest absolute Gasteiger partial charge is 0.265 e. The molecular formula is C32H28N2O2S. The molecular weight excluding hydrogens is 476 g/mol. The van der Waals surface area contributed by atoms with E-state index in [1.165, 1.54) is 4.31 Å². The van der Waals surface area contributed by atoms with Crippen LogP contribution in [-0.2, 0) is 10.0 Å². The van der Waals surface area contributed by atoms with E-state index in [1.54, 1.807) is 36.4 Å². The third-order valence-corrected chi connectivity index (χ3v) is 8.05. The van der Waals surface area contributed by atoms with Crippen molar-refractivity contribution >= 4 is 21.3 Å². The van der Waals surface area contributed by atoms with Gasteiger partial charge in [-0.1, -0.05) is 97.1 Å². The van der Waals surface area contributed by atoms with Crippen LogP contribution in [0.1, 0.15) is 28.7 Å². The Morgan fingerprint density at radius 3 is 2.14 bits per heavy atom. The molecule has 0 amide bonds. The Morgan fingerprint density at radius 1 is 0.919 bits per heavy atom. The Labute approximate surface area is 219 Å². The SMILES string of the molecule is C=CCCN(c1ccc(-c2ccccc2)c(C#N)c1C(=C)c1ccccc1)S(=O)(=O)c1ccc(C)cc1. The first-order chi connectivity index (χ1) is 17.9. The average molecular weight is 505 g/mol. The van der Waals surface area contributed by atoms with Crippen LogP contribution in [0.3, 0.4) is 0 Å². The van der Waals surface area contributed by atoms with E-state index in [4.69, 9.17) is 0 Å². The Balaban J connectivity index is 2.02. The lowest BCUT2D eigenvalue weighted by atomic mass is 9.88. The Kier molecular flexibility index (Phi) is 7.71. The number of rotatable bonds is 9. The molecule has 0 saturated carbocycles. The minimum atomic E-state index is -3.95. The molecule has 0 heterocycles. The third-order valence-electron chi connectivity index (χ3n) is 6.22. The Morgan fingerprint density at radius 2 is 1.54 bits per heavy atom. The number of anilines is 1. The number of hydrogen-bond acceptors (Lipinski definition) is 3. The first-order valence-corrected chi connectivity index (χ1v) is 13.4. The molecule has 37 heavy (non-hydrogen) atoms. The first-order valence-electron chi connectivity index (χ1n) is 12.0. The molecule has 4 rings (SSSR count). The van der Waals surface area contributed by atoms with E-state index in [9.17, 15) is 13.7 Å². The van der Waals surface area contributed by atoms with Gasteiger partial charge in [0.25, 0.3) is 10.0 Å². The molecule has 0 aliphatic carbocycles. The highest BCUT2D eigenvalue weighted by Gasteiger charge is 2.29. The lowest BCUT2D eigenvalue weighted by Gasteiger charge is -2.28. The van der Waals surface area contributed by atoms with Gasteiger partial charge in [0, 0.05) is 17.7 Å². The minimum absolute atomic E-state index is 0.171. The highest BCUT2D eigenvalue weighted by molar-refractivity contribution is 7.92. The summed E-state index contributed by atoms with van der Waals surface area (Å²) in [6.07, 6.45) is 2.12. The van der Waals surface area contributed by atoms with Crippen molar-refractivity contribution < 1.29 is 8.42 Å². The zero-order valence-corrected chi connectivity index (χ0v) is 21.6. The molecule has 0 aromatic heterocycles. The maximum atomic E-state index is 14.0. The molecule has 0 radical (unpaired) electrons. The molecule has 0 unspecified atom stereocenters. The minimum Gasteiger partial charge on any atom is -0.265 e. The van der Waals surface area contributed by atoms with Crippen molar-refractivity contribution in [3.8, 4) is 17.2 Å². The van der Waals surface area contributed by atoms with Gasteiger partial charge in [-0.15, -0.1) is 6.58 Å². The highest BCUT2D eigenvalue weighted by Crippen LogP contribution is 2.40. The fourth-order valence-electron chi connectivity index (χ4n) is 4.28. The summed E-state index contributed by atoms with van der Waals surface area (Å²) in [4.78, 5) is 0.184. The third kappa shape index (κ3) is 5.25. The fraction of sp³-hybridized carbons (Fsp3) is 0.0938. The summed E-state index contributed by atoms with van der Waals surface area (Å²) in [5, 5.41) is 10.4.